The maximum Gasteiger partial charge on any atom is 0.270 e. The van der Waals surface area contributed by atoms with Crippen molar-refractivity contribution in [2.45, 2.75) is 45.2 Å². The molecule has 41 heavy (non-hydrogen) atoms. The smallest absolute Gasteiger partial charge is 0.270 e. The van der Waals surface area contributed by atoms with Gasteiger partial charge in [0.25, 0.3) is 5.91 Å². The van der Waals surface area contributed by atoms with Gasteiger partial charge in [-0.15, -0.1) is 10.2 Å². The number of para-hydroxylation sites is 1. The lowest BCUT2D eigenvalue weighted by molar-refractivity contribution is 0.0999. The van der Waals surface area contributed by atoms with Crippen molar-refractivity contribution < 1.29 is 9.59 Å². The van der Waals surface area contributed by atoms with Crippen molar-refractivity contribution in [2.24, 2.45) is 0 Å². The van der Waals surface area contributed by atoms with Crippen molar-refractivity contribution in [1.29, 1.82) is 0 Å². The molecule has 0 aliphatic heterocycles. The van der Waals surface area contributed by atoms with E-state index in [9.17, 15) is 9.59 Å². The molecule has 1 N–H and O–H groups in total. The number of hydrogen-bond acceptors (Lipinski definition) is 5. The van der Waals surface area contributed by atoms with Crippen LogP contribution in [0.25, 0.3) is 17.1 Å². The third-order valence-electron chi connectivity index (χ3n) is 6.97. The van der Waals surface area contributed by atoms with Gasteiger partial charge in [-0.25, -0.2) is 0 Å². The molecule has 2 aromatic heterocycles. The first-order chi connectivity index (χ1) is 19.6. The fourth-order valence-corrected chi connectivity index (χ4v) is 5.50. The minimum atomic E-state index is -0.236. The monoisotopic (exact) mass is 563 g/mol. The molecule has 208 valence electrons. The molecule has 0 saturated heterocycles. The Morgan fingerprint density at radius 1 is 0.854 bits per heavy atom. The van der Waals surface area contributed by atoms with Gasteiger partial charge in [-0.3, -0.25) is 24.3 Å². The lowest BCUT2D eigenvalue weighted by atomic mass is 9.87. The fraction of sp³-hybridized carbons (Fsp3) is 0.212. The van der Waals surface area contributed by atoms with Crippen LogP contribution in [-0.2, 0) is 5.41 Å². The number of thioether (sulfide) groups is 1. The number of ketones is 1. The normalized spacial score (nSPS) is 11.4. The van der Waals surface area contributed by atoms with Crippen LogP contribution in [0.1, 0.15) is 58.4 Å². The molecule has 0 spiro atoms. The van der Waals surface area contributed by atoms with E-state index in [-0.39, 0.29) is 22.9 Å². The zero-order chi connectivity index (χ0) is 29.1. The van der Waals surface area contributed by atoms with E-state index in [0.29, 0.717) is 27.8 Å². The van der Waals surface area contributed by atoms with Crippen LogP contribution in [-0.4, -0.2) is 36.9 Å². The molecule has 0 bridgehead atoms. The van der Waals surface area contributed by atoms with E-state index >= 15 is 0 Å². The highest BCUT2D eigenvalue weighted by molar-refractivity contribution is 7.99. The van der Waals surface area contributed by atoms with Crippen LogP contribution in [0.4, 0.5) is 0 Å². The van der Waals surface area contributed by atoms with Gasteiger partial charge in [0.05, 0.1) is 5.75 Å². The summed E-state index contributed by atoms with van der Waals surface area (Å²) in [4.78, 5) is 26.1. The van der Waals surface area contributed by atoms with Gasteiger partial charge in [-0.1, -0.05) is 93.2 Å². The number of nitrogens with one attached hydrogen (secondary N) is 1. The summed E-state index contributed by atoms with van der Waals surface area (Å²) < 4.78 is 3.66. The molecule has 0 aliphatic carbocycles. The molecule has 0 atom stereocenters. The number of Topliss-reactive ketones (excluding diaryl/α,β-unsaturated/α-hetero) is 1. The zero-order valence-corrected chi connectivity index (χ0v) is 24.7. The Morgan fingerprint density at radius 2 is 1.49 bits per heavy atom. The molecule has 1 amide bonds. The zero-order valence-electron chi connectivity index (χ0n) is 23.9. The second-order valence-corrected chi connectivity index (χ2v) is 11.9. The standard InChI is InChI=1S/C33H33N5O2S/c1-22-20-28(23(2)38(22)36-31(40)25-12-8-6-9-13-25)29(39)21-41-32-35-34-30(37(32)27-14-10-7-11-15-27)24-16-18-26(19-17-24)33(3,4)5/h6-20H,21H2,1-5H3,(H,36,40). The van der Waals surface area contributed by atoms with Crippen LogP contribution in [0.3, 0.4) is 0 Å². The summed E-state index contributed by atoms with van der Waals surface area (Å²) in [5.74, 6) is 0.598. The lowest BCUT2D eigenvalue weighted by Gasteiger charge is -2.19. The molecule has 8 heteroatoms. The maximum absolute atomic E-state index is 13.4. The average Bonchev–Trinajstić information content (AvgIpc) is 3.53. The van der Waals surface area contributed by atoms with Crippen molar-refractivity contribution in [3.8, 4) is 17.1 Å². The predicted molar refractivity (Wildman–Crippen MR) is 165 cm³/mol. The Balaban J connectivity index is 1.39. The van der Waals surface area contributed by atoms with Gasteiger partial charge >= 0.3 is 0 Å². The highest BCUT2D eigenvalue weighted by Crippen LogP contribution is 2.30. The van der Waals surface area contributed by atoms with Crippen LogP contribution in [0.2, 0.25) is 0 Å². The molecular weight excluding hydrogens is 530 g/mol. The largest absolute Gasteiger partial charge is 0.293 e. The van der Waals surface area contributed by atoms with Crippen LogP contribution in [0, 0.1) is 13.8 Å². The van der Waals surface area contributed by atoms with E-state index in [1.165, 1.54) is 17.3 Å². The predicted octanol–water partition coefficient (Wildman–Crippen LogP) is 7.01. The number of nitrogens with zero attached hydrogens (tertiary/aromatic N) is 4. The van der Waals surface area contributed by atoms with Crippen LogP contribution in [0.5, 0.6) is 0 Å². The molecule has 0 saturated carbocycles. The third kappa shape index (κ3) is 6.02. The molecular formula is C33H33N5O2S. The quantitative estimate of drug-likeness (QED) is 0.162. The first-order valence-corrected chi connectivity index (χ1v) is 14.4. The highest BCUT2D eigenvalue weighted by Gasteiger charge is 2.22. The van der Waals surface area contributed by atoms with E-state index in [1.54, 1.807) is 16.8 Å². The fourth-order valence-electron chi connectivity index (χ4n) is 4.66. The van der Waals surface area contributed by atoms with Crippen molar-refractivity contribution >= 4 is 23.5 Å². The number of amides is 1. The number of carbonyl (C=O) groups is 2. The summed E-state index contributed by atoms with van der Waals surface area (Å²) in [6, 6.07) is 29.1. The van der Waals surface area contributed by atoms with Crippen LogP contribution < -0.4 is 5.43 Å². The molecule has 0 aliphatic rings. The molecule has 5 rings (SSSR count). The molecule has 5 aromatic rings. The number of aryl methyl sites for hydroxylation is 1. The van der Waals surface area contributed by atoms with Gasteiger partial charge in [0.2, 0.25) is 0 Å². The minimum absolute atomic E-state index is 0.0484. The van der Waals surface area contributed by atoms with Gasteiger partial charge in [-0.05, 0) is 55.2 Å². The van der Waals surface area contributed by atoms with Crippen LogP contribution in [0.15, 0.2) is 96.2 Å². The Labute approximate surface area is 244 Å². The number of aromatic nitrogens is 4. The van der Waals surface area contributed by atoms with Crippen molar-refractivity contribution in [1.82, 2.24) is 19.4 Å². The summed E-state index contributed by atoms with van der Waals surface area (Å²) in [7, 11) is 0. The van der Waals surface area contributed by atoms with Crippen molar-refractivity contribution in [3.63, 3.8) is 0 Å². The molecule has 2 heterocycles. The number of hydrogen-bond donors (Lipinski definition) is 1. The molecule has 7 nitrogen and oxygen atoms in total. The Hall–Kier alpha value is -4.43. The van der Waals surface area contributed by atoms with Gasteiger partial charge in [-0.2, -0.15) is 0 Å². The van der Waals surface area contributed by atoms with E-state index in [2.05, 4.69) is 60.7 Å². The van der Waals surface area contributed by atoms with E-state index in [1.807, 2.05) is 73.0 Å². The lowest BCUT2D eigenvalue weighted by Crippen LogP contribution is -2.25. The number of rotatable bonds is 8. The second-order valence-electron chi connectivity index (χ2n) is 10.9. The molecule has 0 radical (unpaired) electrons. The van der Waals surface area contributed by atoms with Gasteiger partial charge in [0, 0.05) is 33.8 Å². The van der Waals surface area contributed by atoms with Gasteiger partial charge in [0.1, 0.15) is 0 Å². The van der Waals surface area contributed by atoms with Crippen LogP contribution >= 0.6 is 11.8 Å². The highest BCUT2D eigenvalue weighted by atomic mass is 32.2. The Kier molecular flexibility index (Phi) is 7.94. The summed E-state index contributed by atoms with van der Waals surface area (Å²) in [5, 5.41) is 9.65. The van der Waals surface area contributed by atoms with Gasteiger partial charge in [0.15, 0.2) is 16.8 Å². The summed E-state index contributed by atoms with van der Waals surface area (Å²) in [5.41, 5.74) is 8.62. The molecule has 3 aromatic carbocycles. The van der Waals surface area contributed by atoms with Crippen molar-refractivity contribution in [2.75, 3.05) is 11.2 Å². The van der Waals surface area contributed by atoms with Gasteiger partial charge < -0.3 is 0 Å². The molecule has 0 fully saturated rings. The van der Waals surface area contributed by atoms with E-state index in [0.717, 1.165) is 16.9 Å². The Morgan fingerprint density at radius 3 is 2.12 bits per heavy atom. The SMILES string of the molecule is Cc1cc(C(=O)CSc2nnc(-c3ccc(C(C)(C)C)cc3)n2-c2ccccc2)c(C)n1NC(=O)c1ccccc1. The third-order valence-corrected chi connectivity index (χ3v) is 7.90. The maximum atomic E-state index is 13.4. The summed E-state index contributed by atoms with van der Waals surface area (Å²) in [6.07, 6.45) is 0. The average molecular weight is 564 g/mol. The first-order valence-electron chi connectivity index (χ1n) is 13.5. The summed E-state index contributed by atoms with van der Waals surface area (Å²) >= 11 is 1.35. The first kappa shape index (κ1) is 28.1. The van der Waals surface area contributed by atoms with E-state index < -0.39 is 0 Å². The number of carbonyl (C=O) groups excluding carboxylic acids is 2. The summed E-state index contributed by atoms with van der Waals surface area (Å²) in [6.45, 7) is 10.3. The van der Waals surface area contributed by atoms with Crippen molar-refractivity contribution in [3.05, 3.63) is 119 Å². The second kappa shape index (κ2) is 11.6. The topological polar surface area (TPSA) is 81.8 Å². The Bertz CT molecular complexity index is 1680. The molecule has 0 unspecified atom stereocenters. The van der Waals surface area contributed by atoms with E-state index in [4.69, 9.17) is 0 Å². The number of benzene rings is 3. The minimum Gasteiger partial charge on any atom is -0.293 e.